The Labute approximate surface area is 226 Å². The fourth-order valence-corrected chi connectivity index (χ4v) is 4.15. The zero-order valence-corrected chi connectivity index (χ0v) is 22.0. The van der Waals surface area contributed by atoms with Crippen LogP contribution >= 0.6 is 0 Å². The van der Waals surface area contributed by atoms with Crippen molar-refractivity contribution in [2.75, 3.05) is 7.11 Å². The second-order valence-electron chi connectivity index (χ2n) is 9.27. The van der Waals surface area contributed by atoms with Gasteiger partial charge in [0.2, 0.25) is 0 Å². The van der Waals surface area contributed by atoms with Crippen molar-refractivity contribution < 1.29 is 22.3 Å². The fraction of sp³-hybridized carbons (Fsp3) is 0.176. The van der Waals surface area contributed by atoms with E-state index in [1.807, 2.05) is 24.3 Å². The summed E-state index contributed by atoms with van der Waals surface area (Å²) < 4.78 is 63.9. The van der Waals surface area contributed by atoms with Gasteiger partial charge < -0.3 is 4.74 Å². The number of halogens is 4. The van der Waals surface area contributed by atoms with Crippen LogP contribution in [0.1, 0.15) is 53.1 Å². The molecule has 0 bridgehead atoms. The molecule has 5 heteroatoms. The Balaban J connectivity index is 1.58. The van der Waals surface area contributed by atoms with Gasteiger partial charge in [-0.15, -0.1) is 0 Å². The molecule has 0 radical (unpaired) electrons. The van der Waals surface area contributed by atoms with Crippen molar-refractivity contribution in [3.05, 3.63) is 124 Å². The lowest BCUT2D eigenvalue weighted by Crippen LogP contribution is -1.96. The number of hydrogen-bond donors (Lipinski definition) is 0. The number of ether oxygens (including phenoxy) is 1. The maximum Gasteiger partial charge on any atom is 0.169 e. The molecule has 0 aliphatic heterocycles. The summed E-state index contributed by atoms with van der Waals surface area (Å²) >= 11 is 0. The smallest absolute Gasteiger partial charge is 0.169 e. The third-order valence-corrected chi connectivity index (χ3v) is 6.41. The molecule has 198 valence electrons. The number of aryl methyl sites for hydroxylation is 2. The van der Waals surface area contributed by atoms with Gasteiger partial charge in [-0.2, -0.15) is 0 Å². The maximum atomic E-state index is 14.9. The number of benzene rings is 4. The first-order valence-electron chi connectivity index (χ1n) is 12.7. The molecule has 0 aliphatic rings. The van der Waals surface area contributed by atoms with Crippen molar-refractivity contribution in [2.24, 2.45) is 0 Å². The molecular formula is C34H28F4O. The predicted octanol–water partition coefficient (Wildman–Crippen LogP) is 9.46. The Morgan fingerprint density at radius 1 is 0.744 bits per heavy atom. The molecule has 39 heavy (non-hydrogen) atoms. The van der Waals surface area contributed by atoms with Gasteiger partial charge in [0, 0.05) is 11.1 Å². The summed E-state index contributed by atoms with van der Waals surface area (Å²) in [5.74, 6) is 0.857. The normalized spacial score (nSPS) is 11.5. The van der Waals surface area contributed by atoms with E-state index < -0.39 is 34.4 Å². The first kappa shape index (κ1) is 27.7. The molecule has 0 N–H and O–H groups in total. The lowest BCUT2D eigenvalue weighted by Gasteiger charge is -2.09. The standard InChI is InChI=1S/C34H28F4O/c1-4-5-6-23-8-13-25(14-9-23)26-15-10-24(11-16-26)12-17-27-20-31(36)29(21-32(27)39-3)34(38)33(37)28-18-7-22(2)19-30(28)35/h7-11,13-16,18-21H,4-6H2,1-3H3/b34-33+. The summed E-state index contributed by atoms with van der Waals surface area (Å²) in [7, 11) is 1.32. The average molecular weight is 529 g/mol. The zero-order valence-electron chi connectivity index (χ0n) is 22.0. The van der Waals surface area contributed by atoms with E-state index in [2.05, 4.69) is 43.0 Å². The van der Waals surface area contributed by atoms with E-state index in [1.54, 1.807) is 6.92 Å². The molecule has 1 nitrogen and oxygen atoms in total. The van der Waals surface area contributed by atoms with Gasteiger partial charge >= 0.3 is 0 Å². The molecule has 0 unspecified atom stereocenters. The molecule has 4 aromatic rings. The largest absolute Gasteiger partial charge is 0.495 e. The summed E-state index contributed by atoms with van der Waals surface area (Å²) in [6.07, 6.45) is 3.40. The van der Waals surface area contributed by atoms with E-state index in [4.69, 9.17) is 4.74 Å². The molecule has 0 fully saturated rings. The van der Waals surface area contributed by atoms with Crippen LogP contribution in [0.15, 0.2) is 78.9 Å². The SMILES string of the molecule is CCCCc1ccc(-c2ccc(C#Cc3cc(F)c(/C(F)=C(\F)c4ccc(C)cc4F)cc3OC)cc2)cc1. The van der Waals surface area contributed by atoms with Crippen molar-refractivity contribution in [1.82, 2.24) is 0 Å². The van der Waals surface area contributed by atoms with Crippen LogP contribution in [0, 0.1) is 30.4 Å². The van der Waals surface area contributed by atoms with E-state index in [1.165, 1.54) is 25.2 Å². The molecule has 4 rings (SSSR count). The zero-order chi connectivity index (χ0) is 27.9. The van der Waals surface area contributed by atoms with E-state index in [9.17, 15) is 17.6 Å². The first-order chi connectivity index (χ1) is 18.8. The molecule has 4 aromatic carbocycles. The Kier molecular flexibility index (Phi) is 8.88. The first-order valence-corrected chi connectivity index (χ1v) is 12.7. The highest BCUT2D eigenvalue weighted by Gasteiger charge is 2.20. The van der Waals surface area contributed by atoms with Gasteiger partial charge in [-0.05, 0) is 78.4 Å². The van der Waals surface area contributed by atoms with Crippen molar-refractivity contribution in [1.29, 1.82) is 0 Å². The number of unbranched alkanes of at least 4 members (excludes halogenated alkanes) is 1. The summed E-state index contributed by atoms with van der Waals surface area (Å²) in [6.45, 7) is 3.80. The minimum absolute atomic E-state index is 0.0611. The second kappa shape index (κ2) is 12.5. The number of hydrogen-bond acceptors (Lipinski definition) is 1. The van der Waals surface area contributed by atoms with Crippen LogP contribution in [0.5, 0.6) is 5.75 Å². The van der Waals surface area contributed by atoms with Crippen molar-refractivity contribution in [3.63, 3.8) is 0 Å². The van der Waals surface area contributed by atoms with E-state index in [0.29, 0.717) is 11.1 Å². The molecular weight excluding hydrogens is 500 g/mol. The third-order valence-electron chi connectivity index (χ3n) is 6.41. The van der Waals surface area contributed by atoms with Crippen molar-refractivity contribution in [2.45, 2.75) is 33.1 Å². The Morgan fingerprint density at radius 3 is 1.97 bits per heavy atom. The summed E-state index contributed by atoms with van der Waals surface area (Å²) in [4.78, 5) is 0. The van der Waals surface area contributed by atoms with Crippen molar-refractivity contribution >= 4 is 11.7 Å². The fourth-order valence-electron chi connectivity index (χ4n) is 4.15. The lowest BCUT2D eigenvalue weighted by molar-refractivity contribution is 0.412. The van der Waals surface area contributed by atoms with E-state index >= 15 is 0 Å². The molecule has 0 aromatic heterocycles. The Bertz CT molecular complexity index is 1560. The average Bonchev–Trinajstić information content (AvgIpc) is 2.95. The topological polar surface area (TPSA) is 9.23 Å². The maximum absolute atomic E-state index is 14.9. The van der Waals surface area contributed by atoms with E-state index in [0.717, 1.165) is 48.2 Å². The minimum atomic E-state index is -1.53. The van der Waals surface area contributed by atoms with Crippen LogP contribution in [0.25, 0.3) is 22.8 Å². The van der Waals surface area contributed by atoms with Crippen LogP contribution in [-0.4, -0.2) is 7.11 Å². The monoisotopic (exact) mass is 528 g/mol. The Morgan fingerprint density at radius 2 is 1.36 bits per heavy atom. The molecule has 0 heterocycles. The van der Waals surface area contributed by atoms with Crippen LogP contribution in [0.3, 0.4) is 0 Å². The van der Waals surface area contributed by atoms with Crippen LogP contribution in [0.2, 0.25) is 0 Å². The lowest BCUT2D eigenvalue weighted by atomic mass is 10.0. The molecule has 0 saturated carbocycles. The summed E-state index contributed by atoms with van der Waals surface area (Å²) in [6, 6.07) is 21.8. The van der Waals surface area contributed by atoms with Gasteiger partial charge in [0.05, 0.1) is 18.2 Å². The highest BCUT2D eigenvalue weighted by molar-refractivity contribution is 5.84. The predicted molar refractivity (Wildman–Crippen MR) is 150 cm³/mol. The Hall–Kier alpha value is -4.30. The van der Waals surface area contributed by atoms with Gasteiger partial charge in [-0.3, -0.25) is 0 Å². The number of methoxy groups -OCH3 is 1. The molecule has 0 atom stereocenters. The number of rotatable bonds is 7. The quantitative estimate of drug-likeness (QED) is 0.132. The summed E-state index contributed by atoms with van der Waals surface area (Å²) in [5, 5.41) is 0. The van der Waals surface area contributed by atoms with Gasteiger partial charge in [0.25, 0.3) is 0 Å². The highest BCUT2D eigenvalue weighted by Crippen LogP contribution is 2.34. The summed E-state index contributed by atoms with van der Waals surface area (Å²) in [5.41, 5.74) is 3.60. The van der Waals surface area contributed by atoms with Gasteiger partial charge in [0.15, 0.2) is 11.7 Å². The minimum Gasteiger partial charge on any atom is -0.495 e. The molecule has 0 saturated heterocycles. The van der Waals surface area contributed by atoms with Crippen LogP contribution in [0.4, 0.5) is 17.6 Å². The van der Waals surface area contributed by atoms with Gasteiger partial charge in [0.1, 0.15) is 17.4 Å². The van der Waals surface area contributed by atoms with Gasteiger partial charge in [-0.25, -0.2) is 17.6 Å². The van der Waals surface area contributed by atoms with Crippen LogP contribution in [-0.2, 0) is 6.42 Å². The molecule has 0 aliphatic carbocycles. The van der Waals surface area contributed by atoms with Crippen molar-refractivity contribution in [3.8, 4) is 28.7 Å². The van der Waals surface area contributed by atoms with Crippen LogP contribution < -0.4 is 4.74 Å². The van der Waals surface area contributed by atoms with E-state index in [-0.39, 0.29) is 11.3 Å². The molecule has 0 spiro atoms. The second-order valence-corrected chi connectivity index (χ2v) is 9.27. The third kappa shape index (κ3) is 6.59. The highest BCUT2D eigenvalue weighted by atomic mass is 19.2. The van der Waals surface area contributed by atoms with Gasteiger partial charge in [-0.1, -0.05) is 67.6 Å². The molecule has 0 amide bonds.